The van der Waals surface area contributed by atoms with Crippen molar-refractivity contribution in [1.29, 1.82) is 0 Å². The summed E-state index contributed by atoms with van der Waals surface area (Å²) in [4.78, 5) is 37.8. The summed E-state index contributed by atoms with van der Waals surface area (Å²) in [6.07, 6.45) is 2.36. The first-order chi connectivity index (χ1) is 22.8. The lowest BCUT2D eigenvalue weighted by Gasteiger charge is -2.37. The van der Waals surface area contributed by atoms with Crippen molar-refractivity contribution in [2.75, 3.05) is 69.7 Å². The van der Waals surface area contributed by atoms with Crippen LogP contribution in [0.5, 0.6) is 0 Å². The topological polar surface area (TPSA) is 106 Å². The van der Waals surface area contributed by atoms with Crippen LogP contribution in [-0.2, 0) is 14.3 Å². The minimum absolute atomic E-state index is 0.0939. The number of H-pyrrole nitrogens is 1. The van der Waals surface area contributed by atoms with Gasteiger partial charge in [-0.2, -0.15) is 5.10 Å². The van der Waals surface area contributed by atoms with Gasteiger partial charge in [-0.15, -0.1) is 0 Å². The molecule has 2 aliphatic heterocycles. The molecule has 4 aromatic rings. The molecule has 3 heterocycles. The molecule has 0 aliphatic carbocycles. The van der Waals surface area contributed by atoms with Crippen LogP contribution in [0.1, 0.15) is 24.5 Å². The van der Waals surface area contributed by atoms with Crippen molar-refractivity contribution >= 4 is 46.0 Å². The van der Waals surface area contributed by atoms with Gasteiger partial charge < -0.3 is 19.9 Å². The van der Waals surface area contributed by atoms with Crippen molar-refractivity contribution in [3.05, 3.63) is 84.4 Å². The van der Waals surface area contributed by atoms with Gasteiger partial charge in [0.2, 0.25) is 11.8 Å². The van der Waals surface area contributed by atoms with Crippen molar-refractivity contribution in [3.8, 4) is 11.3 Å². The van der Waals surface area contributed by atoms with Crippen LogP contribution in [0, 0.1) is 12.3 Å². The number of methoxy groups -OCH3 is 1. The number of hydrogen-bond donors (Lipinski definition) is 2. The van der Waals surface area contributed by atoms with Gasteiger partial charge in [-0.3, -0.25) is 24.6 Å². The van der Waals surface area contributed by atoms with Gasteiger partial charge >= 0.3 is 0 Å². The number of piperazine rings is 1. The van der Waals surface area contributed by atoms with E-state index in [2.05, 4.69) is 80.2 Å². The summed E-state index contributed by atoms with van der Waals surface area (Å²) in [5.41, 5.74) is 6.76. The normalized spacial score (nSPS) is 18.7. The van der Waals surface area contributed by atoms with Crippen LogP contribution >= 0.6 is 0 Å². The number of aromatic amines is 1. The molecule has 2 N–H and O–H groups in total. The standard InChI is InChI=1S/C37H43N7O3/c1-5-38-27(3)28-10-13-31(14-11-28)43-18-20-44(21-19-43)34(45)23-42-17-16-37(24-42,25-47-4)36(46)39-30-12-15-33-32(22-30)35(41-40-33)29-8-6-26(2)7-9-29/h5-15,22H,3,16-21,23-25H2,1-2,4H3,(H,39,46)(H,40,41). The molecule has 10 nitrogen and oxygen atoms in total. The number of fused-ring (bicyclic) bond motifs is 1. The summed E-state index contributed by atoms with van der Waals surface area (Å²) in [5.74, 6) is -0.00451. The van der Waals surface area contributed by atoms with Crippen molar-refractivity contribution in [2.24, 2.45) is 10.4 Å². The lowest BCUT2D eigenvalue weighted by molar-refractivity contribution is -0.133. The smallest absolute Gasteiger partial charge is 0.236 e. The third-order valence-electron chi connectivity index (χ3n) is 9.32. The lowest BCUT2D eigenvalue weighted by atomic mass is 9.87. The highest BCUT2D eigenvalue weighted by Gasteiger charge is 2.45. The van der Waals surface area contributed by atoms with Gasteiger partial charge in [-0.05, 0) is 62.7 Å². The largest absolute Gasteiger partial charge is 0.384 e. The zero-order valence-electron chi connectivity index (χ0n) is 27.5. The van der Waals surface area contributed by atoms with E-state index in [0.717, 1.165) is 52.2 Å². The van der Waals surface area contributed by atoms with Crippen molar-refractivity contribution in [2.45, 2.75) is 20.3 Å². The minimum Gasteiger partial charge on any atom is -0.384 e. The van der Waals surface area contributed by atoms with Crippen molar-refractivity contribution < 1.29 is 14.3 Å². The van der Waals surface area contributed by atoms with E-state index in [9.17, 15) is 9.59 Å². The molecule has 2 saturated heterocycles. The van der Waals surface area contributed by atoms with E-state index in [1.54, 1.807) is 13.3 Å². The van der Waals surface area contributed by atoms with Crippen molar-refractivity contribution in [3.63, 3.8) is 0 Å². The van der Waals surface area contributed by atoms with Crippen LogP contribution in [-0.4, -0.2) is 97.6 Å². The fourth-order valence-corrected chi connectivity index (χ4v) is 6.63. The number of aryl methyl sites for hydroxylation is 1. The molecule has 10 heteroatoms. The number of carbonyl (C=O) groups excluding carboxylic acids is 2. The Kier molecular flexibility index (Phi) is 9.51. The number of benzene rings is 3. The summed E-state index contributed by atoms with van der Waals surface area (Å²) in [7, 11) is 1.62. The molecule has 0 spiro atoms. The van der Waals surface area contributed by atoms with E-state index in [0.29, 0.717) is 38.3 Å². The Morgan fingerprint density at radius 2 is 1.79 bits per heavy atom. The third-order valence-corrected chi connectivity index (χ3v) is 9.32. The number of ether oxygens (including phenoxy) is 1. The molecule has 2 amide bonds. The average Bonchev–Trinajstić information content (AvgIpc) is 3.70. The first-order valence-electron chi connectivity index (χ1n) is 16.2. The first-order valence-corrected chi connectivity index (χ1v) is 16.2. The second kappa shape index (κ2) is 13.9. The second-order valence-corrected chi connectivity index (χ2v) is 12.6. The third kappa shape index (κ3) is 6.99. The molecule has 6 rings (SSSR count). The fraction of sp³-hybridized carbons (Fsp3) is 0.351. The van der Waals surface area contributed by atoms with Gasteiger partial charge in [-0.1, -0.05) is 48.5 Å². The molecular weight excluding hydrogens is 590 g/mol. The van der Waals surface area contributed by atoms with Crippen LogP contribution in [0.3, 0.4) is 0 Å². The predicted octanol–water partition coefficient (Wildman–Crippen LogP) is 5.23. The summed E-state index contributed by atoms with van der Waals surface area (Å²) in [6, 6.07) is 22.3. The Morgan fingerprint density at radius 1 is 1.04 bits per heavy atom. The second-order valence-electron chi connectivity index (χ2n) is 12.6. The highest BCUT2D eigenvalue weighted by Crippen LogP contribution is 2.34. The molecule has 47 heavy (non-hydrogen) atoms. The van der Waals surface area contributed by atoms with Gasteiger partial charge in [0.1, 0.15) is 0 Å². The Bertz CT molecular complexity index is 1770. The molecule has 3 aromatic carbocycles. The number of nitrogens with zero attached hydrogens (tertiary/aromatic N) is 5. The fourth-order valence-electron chi connectivity index (χ4n) is 6.63. The quantitative estimate of drug-likeness (QED) is 0.232. The van der Waals surface area contributed by atoms with E-state index in [4.69, 9.17) is 4.74 Å². The SMILES string of the molecule is C=C(N=CC)c1ccc(N2CCN(C(=O)CN3CCC(COC)(C(=O)Nc4ccc5[nH]nc(-c6ccc(C)cc6)c5c4)C3)CC2)cc1. The van der Waals surface area contributed by atoms with Crippen LogP contribution in [0.4, 0.5) is 11.4 Å². The van der Waals surface area contributed by atoms with E-state index in [-0.39, 0.29) is 25.0 Å². The molecular formula is C37H43N7O3. The number of likely N-dealkylation sites (tertiary alicyclic amines) is 1. The van der Waals surface area contributed by atoms with E-state index in [1.807, 2.05) is 42.2 Å². The minimum atomic E-state index is -0.751. The molecule has 0 bridgehead atoms. The Labute approximate surface area is 276 Å². The number of anilines is 2. The number of carbonyl (C=O) groups is 2. The number of aliphatic imine (C=N–C) groups is 1. The molecule has 0 radical (unpaired) electrons. The number of nitrogens with one attached hydrogen (secondary N) is 2. The van der Waals surface area contributed by atoms with Gasteiger partial charge in [0.05, 0.1) is 35.5 Å². The Balaban J connectivity index is 1.05. The molecule has 0 saturated carbocycles. The van der Waals surface area contributed by atoms with Gasteiger partial charge in [-0.25, -0.2) is 0 Å². The molecule has 2 fully saturated rings. The lowest BCUT2D eigenvalue weighted by Crippen LogP contribution is -2.51. The van der Waals surface area contributed by atoms with E-state index >= 15 is 0 Å². The molecule has 1 atom stereocenters. The number of aromatic nitrogens is 2. The Morgan fingerprint density at radius 3 is 2.49 bits per heavy atom. The van der Waals surface area contributed by atoms with Crippen LogP contribution in [0.15, 0.2) is 78.3 Å². The predicted molar refractivity (Wildman–Crippen MR) is 189 cm³/mol. The highest BCUT2D eigenvalue weighted by molar-refractivity contribution is 6.00. The average molecular weight is 634 g/mol. The summed E-state index contributed by atoms with van der Waals surface area (Å²) in [6.45, 7) is 12.5. The molecule has 1 aromatic heterocycles. The zero-order chi connectivity index (χ0) is 33.0. The summed E-state index contributed by atoms with van der Waals surface area (Å²) in [5, 5.41) is 11.7. The monoisotopic (exact) mass is 633 g/mol. The number of rotatable bonds is 10. The van der Waals surface area contributed by atoms with E-state index < -0.39 is 5.41 Å². The maximum absolute atomic E-state index is 13.8. The number of hydrogen-bond acceptors (Lipinski definition) is 7. The van der Waals surface area contributed by atoms with Crippen LogP contribution in [0.2, 0.25) is 0 Å². The highest BCUT2D eigenvalue weighted by atomic mass is 16.5. The van der Waals surface area contributed by atoms with E-state index in [1.165, 1.54) is 5.56 Å². The van der Waals surface area contributed by atoms with Gasteiger partial charge in [0, 0.05) is 68.4 Å². The first kappa shape index (κ1) is 32.2. The molecule has 2 aliphatic rings. The van der Waals surface area contributed by atoms with Gasteiger partial charge in [0.25, 0.3) is 0 Å². The molecule has 1 unspecified atom stereocenters. The Hall–Kier alpha value is -4.80. The van der Waals surface area contributed by atoms with Crippen LogP contribution in [0.25, 0.3) is 27.9 Å². The van der Waals surface area contributed by atoms with Gasteiger partial charge in [0.15, 0.2) is 0 Å². The van der Waals surface area contributed by atoms with Crippen molar-refractivity contribution in [1.82, 2.24) is 20.0 Å². The maximum Gasteiger partial charge on any atom is 0.236 e. The summed E-state index contributed by atoms with van der Waals surface area (Å²) < 4.78 is 5.57. The summed E-state index contributed by atoms with van der Waals surface area (Å²) >= 11 is 0. The molecule has 244 valence electrons. The number of amides is 2. The van der Waals surface area contributed by atoms with Crippen LogP contribution < -0.4 is 10.2 Å². The maximum atomic E-state index is 13.8. The zero-order valence-corrected chi connectivity index (χ0v) is 27.5.